The fourth-order valence-electron chi connectivity index (χ4n) is 3.64. The summed E-state index contributed by atoms with van der Waals surface area (Å²) in [6.45, 7) is 2.72. The third-order valence-corrected chi connectivity index (χ3v) is 5.48. The first-order valence-corrected chi connectivity index (χ1v) is 11.9. The monoisotopic (exact) mass is 402 g/mol. The van der Waals surface area contributed by atoms with Gasteiger partial charge in [-0.3, -0.25) is 0 Å². The molecule has 0 aromatic heterocycles. The van der Waals surface area contributed by atoms with Crippen LogP contribution in [0.2, 0.25) is 0 Å². The lowest BCUT2D eigenvalue weighted by atomic mass is 10.0. The summed E-state index contributed by atoms with van der Waals surface area (Å²) in [6, 6.07) is 6.83. The number of hydrogen-bond acceptors (Lipinski definition) is 4. The number of hydrogen-bond donors (Lipinski definition) is 1. The van der Waals surface area contributed by atoms with E-state index in [1.54, 1.807) is 24.3 Å². The van der Waals surface area contributed by atoms with Gasteiger partial charge in [-0.15, -0.1) is 0 Å². The molecule has 29 heavy (non-hydrogen) atoms. The van der Waals surface area contributed by atoms with Gasteiger partial charge in [0, 0.05) is 0 Å². The van der Waals surface area contributed by atoms with Crippen LogP contribution in [-0.2, 0) is 4.74 Å². The van der Waals surface area contributed by atoms with Crippen molar-refractivity contribution < 1.29 is 9.53 Å². The molecule has 164 valence electrons. The predicted molar refractivity (Wildman–Crippen MR) is 121 cm³/mol. The van der Waals surface area contributed by atoms with Crippen molar-refractivity contribution in [1.82, 2.24) is 0 Å². The Morgan fingerprint density at radius 3 is 1.69 bits per heavy atom. The number of carbonyl (C=O) groups is 1. The van der Waals surface area contributed by atoms with Crippen LogP contribution < -0.4 is 0 Å². The summed E-state index contributed by atoms with van der Waals surface area (Å²) in [7, 11) is 0. The second kappa shape index (κ2) is 18.3. The standard InChI is InChI=1S/C25H42N2O2/c1-2-3-4-5-6-7-8-9-10-11-12-13-14-15-16-19-22-29-25(28)23-20-17-18-21-24(23)27-26/h17-18,20-21,26H,2-16,19,22H2,1H3. The molecule has 0 fully saturated rings. The van der Waals surface area contributed by atoms with E-state index in [1.807, 2.05) is 0 Å². The number of carbonyl (C=O) groups excluding carboxylic acids is 1. The van der Waals surface area contributed by atoms with E-state index in [2.05, 4.69) is 12.0 Å². The summed E-state index contributed by atoms with van der Waals surface area (Å²) < 4.78 is 5.31. The molecular weight excluding hydrogens is 360 g/mol. The number of esters is 1. The molecule has 0 bridgehead atoms. The van der Waals surface area contributed by atoms with Gasteiger partial charge in [0.2, 0.25) is 0 Å². The Morgan fingerprint density at radius 2 is 1.21 bits per heavy atom. The summed E-state index contributed by atoms with van der Waals surface area (Å²) in [4.78, 5) is 12.0. The van der Waals surface area contributed by atoms with Crippen molar-refractivity contribution in [3.05, 3.63) is 29.8 Å². The lowest BCUT2D eigenvalue weighted by Crippen LogP contribution is -2.06. The zero-order valence-corrected chi connectivity index (χ0v) is 18.6. The number of unbranched alkanes of at least 4 members (excludes halogenated alkanes) is 15. The topological polar surface area (TPSA) is 62.5 Å². The Bertz CT molecular complexity index is 545. The highest BCUT2D eigenvalue weighted by Crippen LogP contribution is 2.19. The molecule has 1 N–H and O–H groups in total. The van der Waals surface area contributed by atoms with Crippen LogP contribution in [0, 0.1) is 5.53 Å². The van der Waals surface area contributed by atoms with Crippen LogP contribution in [0.25, 0.3) is 0 Å². The van der Waals surface area contributed by atoms with Crippen molar-refractivity contribution in [3.63, 3.8) is 0 Å². The molecule has 0 heterocycles. The maximum absolute atomic E-state index is 12.0. The molecule has 0 spiro atoms. The Labute approximate surface area is 178 Å². The summed E-state index contributed by atoms with van der Waals surface area (Å²) >= 11 is 0. The first-order chi connectivity index (χ1) is 14.3. The second-order valence-corrected chi connectivity index (χ2v) is 8.07. The highest BCUT2D eigenvalue weighted by atomic mass is 16.5. The zero-order valence-electron chi connectivity index (χ0n) is 18.6. The quantitative estimate of drug-likeness (QED) is 0.143. The van der Waals surface area contributed by atoms with Crippen LogP contribution >= 0.6 is 0 Å². The Balaban J connectivity index is 1.84. The average molecular weight is 403 g/mol. The highest BCUT2D eigenvalue weighted by molar-refractivity contribution is 5.94. The molecule has 4 heteroatoms. The van der Waals surface area contributed by atoms with Gasteiger partial charge in [-0.1, -0.05) is 115 Å². The SMILES string of the molecule is CCCCCCCCCCCCCCCCCCOC(=O)c1ccccc1N=N. The minimum Gasteiger partial charge on any atom is -0.462 e. The Kier molecular flexibility index (Phi) is 16.0. The van der Waals surface area contributed by atoms with Gasteiger partial charge in [-0.25, -0.2) is 10.3 Å². The smallest absolute Gasteiger partial charge is 0.340 e. The van der Waals surface area contributed by atoms with Crippen LogP contribution in [-0.4, -0.2) is 12.6 Å². The van der Waals surface area contributed by atoms with E-state index in [-0.39, 0.29) is 5.97 Å². The molecule has 0 radical (unpaired) electrons. The first kappa shape index (κ1) is 25.3. The largest absolute Gasteiger partial charge is 0.462 e. The molecule has 0 saturated carbocycles. The van der Waals surface area contributed by atoms with E-state index in [4.69, 9.17) is 10.3 Å². The molecule has 0 aliphatic carbocycles. The van der Waals surface area contributed by atoms with Gasteiger partial charge in [0.15, 0.2) is 0 Å². The van der Waals surface area contributed by atoms with E-state index in [0.717, 1.165) is 12.8 Å². The minimum atomic E-state index is -0.377. The molecule has 0 amide bonds. The number of ether oxygens (including phenoxy) is 1. The van der Waals surface area contributed by atoms with Gasteiger partial charge < -0.3 is 4.74 Å². The van der Waals surface area contributed by atoms with Crippen molar-refractivity contribution in [2.45, 2.75) is 110 Å². The van der Waals surface area contributed by atoms with Crippen molar-refractivity contribution in [1.29, 1.82) is 5.53 Å². The third-order valence-electron chi connectivity index (χ3n) is 5.48. The maximum atomic E-state index is 12.0. The van der Waals surface area contributed by atoms with Gasteiger partial charge >= 0.3 is 5.97 Å². The van der Waals surface area contributed by atoms with E-state index in [0.29, 0.717) is 17.9 Å². The summed E-state index contributed by atoms with van der Waals surface area (Å²) in [5.41, 5.74) is 7.84. The molecule has 0 aliphatic rings. The minimum absolute atomic E-state index is 0.365. The highest BCUT2D eigenvalue weighted by Gasteiger charge is 2.11. The number of benzene rings is 1. The van der Waals surface area contributed by atoms with Crippen molar-refractivity contribution in [3.8, 4) is 0 Å². The van der Waals surface area contributed by atoms with Gasteiger partial charge in [0.25, 0.3) is 0 Å². The van der Waals surface area contributed by atoms with E-state index < -0.39 is 0 Å². The van der Waals surface area contributed by atoms with Crippen molar-refractivity contribution in [2.75, 3.05) is 6.61 Å². The summed E-state index contributed by atoms with van der Waals surface area (Å²) in [5.74, 6) is -0.377. The van der Waals surface area contributed by atoms with Crippen LogP contribution in [0.3, 0.4) is 0 Å². The molecule has 1 aromatic rings. The lowest BCUT2D eigenvalue weighted by molar-refractivity contribution is 0.0498. The number of nitrogens with one attached hydrogen (secondary N) is 1. The molecule has 1 aromatic carbocycles. The average Bonchev–Trinajstić information content (AvgIpc) is 2.75. The number of para-hydroxylation sites is 1. The van der Waals surface area contributed by atoms with Gasteiger partial charge in [0.05, 0.1) is 17.9 Å². The normalized spacial score (nSPS) is 10.8. The maximum Gasteiger partial charge on any atom is 0.340 e. The number of nitrogens with zero attached hydrogens (tertiary/aromatic N) is 1. The summed E-state index contributed by atoms with van der Waals surface area (Å²) in [6.07, 6.45) is 21.3. The fourth-order valence-corrected chi connectivity index (χ4v) is 3.64. The lowest BCUT2D eigenvalue weighted by Gasteiger charge is -2.06. The van der Waals surface area contributed by atoms with Crippen molar-refractivity contribution in [2.24, 2.45) is 5.11 Å². The third kappa shape index (κ3) is 13.2. The zero-order chi connectivity index (χ0) is 21.0. The van der Waals surface area contributed by atoms with Gasteiger partial charge in [0.1, 0.15) is 0 Å². The number of rotatable bonds is 19. The van der Waals surface area contributed by atoms with Crippen molar-refractivity contribution >= 4 is 11.7 Å². The predicted octanol–water partition coefficient (Wildman–Crippen LogP) is 8.77. The van der Waals surface area contributed by atoms with Crippen LogP contribution in [0.4, 0.5) is 5.69 Å². The Morgan fingerprint density at radius 1 is 0.759 bits per heavy atom. The van der Waals surface area contributed by atoms with E-state index in [9.17, 15) is 4.79 Å². The van der Waals surface area contributed by atoms with Crippen LogP contribution in [0.5, 0.6) is 0 Å². The van der Waals surface area contributed by atoms with E-state index in [1.165, 1.54) is 89.9 Å². The summed E-state index contributed by atoms with van der Waals surface area (Å²) in [5, 5.41) is 3.37. The molecular formula is C25H42N2O2. The van der Waals surface area contributed by atoms with Gasteiger partial charge in [-0.05, 0) is 18.6 Å². The molecule has 0 aliphatic heterocycles. The molecule has 0 unspecified atom stereocenters. The fraction of sp³-hybridized carbons (Fsp3) is 0.720. The molecule has 4 nitrogen and oxygen atoms in total. The molecule has 0 saturated heterocycles. The van der Waals surface area contributed by atoms with Crippen LogP contribution in [0.1, 0.15) is 120 Å². The molecule has 1 rings (SSSR count). The van der Waals surface area contributed by atoms with E-state index >= 15 is 0 Å². The first-order valence-electron chi connectivity index (χ1n) is 11.9. The van der Waals surface area contributed by atoms with Gasteiger partial charge in [-0.2, -0.15) is 5.11 Å². The molecule has 0 atom stereocenters. The second-order valence-electron chi connectivity index (χ2n) is 8.07. The van der Waals surface area contributed by atoms with Crippen LogP contribution in [0.15, 0.2) is 29.4 Å². The Hall–Kier alpha value is -1.71.